The molecule has 0 unspecified atom stereocenters. The van der Waals surface area contributed by atoms with Crippen LogP contribution in [0, 0.1) is 0 Å². The summed E-state index contributed by atoms with van der Waals surface area (Å²) in [7, 11) is 0. The minimum atomic E-state index is -1.28. The quantitative estimate of drug-likeness (QED) is 0.316. The molecule has 0 radical (unpaired) electrons. The number of nitrogens with one attached hydrogen (secondary N) is 1. The molecule has 86 valence electrons. The molecule has 7 N–H and O–H groups in total. The van der Waals surface area contributed by atoms with Gasteiger partial charge >= 0.3 is 5.97 Å². The molecule has 0 aliphatic carbocycles. The summed E-state index contributed by atoms with van der Waals surface area (Å²) in [5.41, 5.74) is 10.0. The molecule has 8 heteroatoms. The Morgan fingerprint density at radius 1 is 1.33 bits per heavy atom. The highest BCUT2D eigenvalue weighted by Crippen LogP contribution is 1.90. The molecule has 0 aromatic carbocycles. The van der Waals surface area contributed by atoms with Gasteiger partial charge in [0.15, 0.2) is 0 Å². The molecule has 0 aromatic heterocycles. The van der Waals surface area contributed by atoms with Gasteiger partial charge in [0.2, 0.25) is 11.8 Å². The maximum absolute atomic E-state index is 11.1. The fourth-order valence-electron chi connectivity index (χ4n) is 0.766. The van der Waals surface area contributed by atoms with Crippen molar-refractivity contribution in [2.75, 3.05) is 6.61 Å². The molecule has 0 aliphatic heterocycles. The van der Waals surface area contributed by atoms with E-state index in [0.29, 0.717) is 0 Å². The van der Waals surface area contributed by atoms with Crippen LogP contribution in [0.1, 0.15) is 6.42 Å². The van der Waals surface area contributed by atoms with E-state index in [1.54, 1.807) is 0 Å². The molecule has 2 amide bonds. The highest BCUT2D eigenvalue weighted by atomic mass is 16.4. The van der Waals surface area contributed by atoms with Gasteiger partial charge in [-0.1, -0.05) is 0 Å². The van der Waals surface area contributed by atoms with Crippen molar-refractivity contribution in [3.8, 4) is 0 Å². The first kappa shape index (κ1) is 13.3. The van der Waals surface area contributed by atoms with E-state index in [1.165, 1.54) is 0 Å². The number of amides is 2. The molecule has 8 nitrogen and oxygen atoms in total. The molecular weight excluding hydrogens is 206 g/mol. The van der Waals surface area contributed by atoms with E-state index >= 15 is 0 Å². The van der Waals surface area contributed by atoms with Gasteiger partial charge in [0.25, 0.3) is 0 Å². The number of carboxylic acid groups (broad SMARTS) is 1. The minimum absolute atomic E-state index is 0.567. The Morgan fingerprint density at radius 2 is 1.87 bits per heavy atom. The Hall–Kier alpha value is -1.67. The van der Waals surface area contributed by atoms with Gasteiger partial charge in [0, 0.05) is 0 Å². The summed E-state index contributed by atoms with van der Waals surface area (Å²) in [6.45, 7) is -0.666. The smallest absolute Gasteiger partial charge is 0.305 e. The van der Waals surface area contributed by atoms with Crippen molar-refractivity contribution in [1.82, 2.24) is 5.32 Å². The summed E-state index contributed by atoms with van der Waals surface area (Å²) in [6.07, 6.45) is -0.567. The van der Waals surface area contributed by atoms with Crippen LogP contribution in [-0.4, -0.2) is 46.7 Å². The van der Waals surface area contributed by atoms with Crippen molar-refractivity contribution >= 4 is 17.8 Å². The van der Waals surface area contributed by atoms with Crippen LogP contribution in [0.4, 0.5) is 0 Å². The molecule has 2 atom stereocenters. The van der Waals surface area contributed by atoms with Crippen LogP contribution in [0.2, 0.25) is 0 Å². The molecule has 0 bridgehead atoms. The lowest BCUT2D eigenvalue weighted by atomic mass is 10.2. The second-order valence-corrected chi connectivity index (χ2v) is 2.85. The fourth-order valence-corrected chi connectivity index (χ4v) is 0.766. The zero-order valence-corrected chi connectivity index (χ0v) is 7.84. The lowest BCUT2D eigenvalue weighted by molar-refractivity contribution is -0.139. The summed E-state index contributed by atoms with van der Waals surface area (Å²) in [4.78, 5) is 31.9. The summed E-state index contributed by atoms with van der Waals surface area (Å²) in [5, 5.41) is 19.0. The molecule has 0 heterocycles. The Labute approximate surface area is 85.2 Å². The van der Waals surface area contributed by atoms with Crippen molar-refractivity contribution in [2.24, 2.45) is 11.5 Å². The highest BCUT2D eigenvalue weighted by molar-refractivity contribution is 5.90. The Kier molecular flexibility index (Phi) is 5.27. The molecule has 0 aliphatic rings. The van der Waals surface area contributed by atoms with Crippen LogP contribution in [0.3, 0.4) is 0 Å². The largest absolute Gasteiger partial charge is 0.481 e. The SMILES string of the molecule is NC(=O)[C@@H](CO)NC(=O)[C@@H](N)CC(=O)O. The predicted molar refractivity (Wildman–Crippen MR) is 48.4 cm³/mol. The number of carbonyl (C=O) groups excluding carboxylic acids is 2. The van der Waals surface area contributed by atoms with E-state index in [4.69, 9.17) is 21.7 Å². The van der Waals surface area contributed by atoms with Gasteiger partial charge in [-0.25, -0.2) is 0 Å². The normalized spacial score (nSPS) is 14.0. The first-order chi connectivity index (χ1) is 6.88. The number of primary amides is 1. The van der Waals surface area contributed by atoms with Gasteiger partial charge in [-0.15, -0.1) is 0 Å². The van der Waals surface area contributed by atoms with Crippen LogP contribution in [0.5, 0.6) is 0 Å². The topological polar surface area (TPSA) is 156 Å². The molecule has 0 spiro atoms. The first-order valence-electron chi connectivity index (χ1n) is 4.06. The molecular formula is C7H13N3O5. The van der Waals surface area contributed by atoms with Crippen molar-refractivity contribution in [3.63, 3.8) is 0 Å². The number of aliphatic carboxylic acids is 1. The third-order valence-electron chi connectivity index (χ3n) is 1.57. The average Bonchev–Trinajstić information content (AvgIpc) is 2.11. The zero-order chi connectivity index (χ0) is 12.0. The van der Waals surface area contributed by atoms with Gasteiger partial charge < -0.3 is 27.0 Å². The highest BCUT2D eigenvalue weighted by Gasteiger charge is 2.22. The number of nitrogens with two attached hydrogens (primary N) is 2. The molecule has 15 heavy (non-hydrogen) atoms. The van der Waals surface area contributed by atoms with Gasteiger partial charge in [-0.2, -0.15) is 0 Å². The minimum Gasteiger partial charge on any atom is -0.481 e. The van der Waals surface area contributed by atoms with Crippen LogP contribution in [0.25, 0.3) is 0 Å². The lowest BCUT2D eigenvalue weighted by Gasteiger charge is -2.15. The lowest BCUT2D eigenvalue weighted by Crippen LogP contribution is -2.52. The summed E-state index contributed by atoms with van der Waals surface area (Å²) < 4.78 is 0. The number of hydrogen-bond acceptors (Lipinski definition) is 5. The van der Waals surface area contributed by atoms with Crippen molar-refractivity contribution in [2.45, 2.75) is 18.5 Å². The monoisotopic (exact) mass is 219 g/mol. The Morgan fingerprint density at radius 3 is 2.20 bits per heavy atom. The maximum Gasteiger partial charge on any atom is 0.305 e. The number of carboxylic acids is 1. The van der Waals surface area contributed by atoms with Crippen molar-refractivity contribution < 1.29 is 24.6 Å². The third kappa shape index (κ3) is 4.93. The van der Waals surface area contributed by atoms with Gasteiger partial charge in [-0.05, 0) is 0 Å². The second kappa shape index (κ2) is 5.94. The van der Waals surface area contributed by atoms with Crippen LogP contribution < -0.4 is 16.8 Å². The molecule has 0 aromatic rings. The van der Waals surface area contributed by atoms with E-state index in [1.807, 2.05) is 5.32 Å². The van der Waals surface area contributed by atoms with Gasteiger partial charge in [0.05, 0.1) is 19.1 Å². The number of rotatable bonds is 6. The number of aliphatic hydroxyl groups excluding tert-OH is 1. The van der Waals surface area contributed by atoms with E-state index in [2.05, 4.69) is 0 Å². The van der Waals surface area contributed by atoms with Gasteiger partial charge in [-0.3, -0.25) is 14.4 Å². The van der Waals surface area contributed by atoms with Gasteiger partial charge in [0.1, 0.15) is 6.04 Å². The van der Waals surface area contributed by atoms with E-state index in [0.717, 1.165) is 0 Å². The summed E-state index contributed by atoms with van der Waals surface area (Å²) in [6, 6.07) is -2.53. The first-order valence-corrected chi connectivity index (χ1v) is 4.06. The van der Waals surface area contributed by atoms with Crippen LogP contribution in [-0.2, 0) is 14.4 Å². The maximum atomic E-state index is 11.1. The van der Waals surface area contributed by atoms with Crippen molar-refractivity contribution in [1.29, 1.82) is 0 Å². The average molecular weight is 219 g/mol. The standard InChI is InChI=1S/C7H13N3O5/c8-3(1-5(12)13)7(15)10-4(2-11)6(9)14/h3-4,11H,1-2,8H2,(H2,9,14)(H,10,15)(H,12,13)/t3-,4+/m0/s1. The van der Waals surface area contributed by atoms with Crippen LogP contribution >= 0.6 is 0 Å². The Bertz CT molecular complexity index is 267. The third-order valence-corrected chi connectivity index (χ3v) is 1.57. The van der Waals surface area contributed by atoms with Crippen molar-refractivity contribution in [3.05, 3.63) is 0 Å². The predicted octanol–water partition coefficient (Wildman–Crippen LogP) is -3.25. The molecule has 0 fully saturated rings. The summed E-state index contributed by atoms with van der Waals surface area (Å²) >= 11 is 0. The van der Waals surface area contributed by atoms with Crippen LogP contribution in [0.15, 0.2) is 0 Å². The number of aliphatic hydroxyl groups is 1. The second-order valence-electron chi connectivity index (χ2n) is 2.85. The fraction of sp³-hybridized carbons (Fsp3) is 0.571. The van der Waals surface area contributed by atoms with E-state index in [9.17, 15) is 14.4 Å². The summed E-state index contributed by atoms with van der Waals surface area (Å²) in [5.74, 6) is -3.01. The number of hydrogen-bond donors (Lipinski definition) is 5. The van der Waals surface area contributed by atoms with E-state index in [-0.39, 0.29) is 0 Å². The molecule has 0 rings (SSSR count). The molecule has 0 saturated carbocycles. The number of carbonyl (C=O) groups is 3. The van der Waals surface area contributed by atoms with E-state index < -0.39 is 42.9 Å². The molecule has 0 saturated heterocycles. The Balaban J connectivity index is 4.21. The zero-order valence-electron chi connectivity index (χ0n) is 7.84.